The first kappa shape index (κ1) is 13.9. The molecule has 2 heterocycles. The van der Waals surface area contributed by atoms with Crippen molar-refractivity contribution in [2.24, 2.45) is 0 Å². The first-order chi connectivity index (χ1) is 10.1. The largest absolute Gasteiger partial charge is 0.399 e. The van der Waals surface area contributed by atoms with Crippen molar-refractivity contribution in [2.45, 2.75) is 26.3 Å². The molecular weight excluding hydrogens is 266 g/mol. The van der Waals surface area contributed by atoms with Crippen LogP contribution >= 0.6 is 0 Å². The summed E-state index contributed by atoms with van der Waals surface area (Å²) < 4.78 is 5.46. The number of anilines is 2. The molecule has 0 unspecified atom stereocenters. The molecular formula is C16H21N3O2. The molecule has 2 aliphatic heterocycles. The van der Waals surface area contributed by atoms with Crippen molar-refractivity contribution in [1.29, 1.82) is 0 Å². The fraction of sp³-hybridized carbons (Fsp3) is 0.438. The van der Waals surface area contributed by atoms with E-state index in [0.29, 0.717) is 18.9 Å². The summed E-state index contributed by atoms with van der Waals surface area (Å²) in [6.45, 7) is 6.08. The van der Waals surface area contributed by atoms with E-state index in [4.69, 9.17) is 10.5 Å². The summed E-state index contributed by atoms with van der Waals surface area (Å²) >= 11 is 0. The van der Waals surface area contributed by atoms with Gasteiger partial charge in [-0.3, -0.25) is 4.79 Å². The average Bonchev–Trinajstić information content (AvgIpc) is 2.61. The molecule has 5 heteroatoms. The molecule has 0 bridgehead atoms. The number of ether oxygens (including phenoxy) is 1. The Labute approximate surface area is 124 Å². The lowest BCUT2D eigenvalue weighted by atomic mass is 10.0. The Bertz CT molecular complexity index is 598. The van der Waals surface area contributed by atoms with E-state index < -0.39 is 0 Å². The lowest BCUT2D eigenvalue weighted by molar-refractivity contribution is -0.113. The van der Waals surface area contributed by atoms with E-state index in [1.807, 2.05) is 36.9 Å². The summed E-state index contributed by atoms with van der Waals surface area (Å²) in [5, 5.41) is 3.34. The van der Waals surface area contributed by atoms with Gasteiger partial charge in [0, 0.05) is 36.0 Å². The number of rotatable bonds is 1. The molecule has 0 aromatic heterocycles. The number of nitrogen functional groups attached to an aromatic ring is 1. The summed E-state index contributed by atoms with van der Waals surface area (Å²) in [4.78, 5) is 14.7. The van der Waals surface area contributed by atoms with E-state index in [-0.39, 0.29) is 11.9 Å². The molecule has 0 atom stereocenters. The number of carbonyl (C=O) groups excluding carboxylic acids is 1. The van der Waals surface area contributed by atoms with E-state index >= 15 is 0 Å². The quantitative estimate of drug-likeness (QED) is 0.610. The van der Waals surface area contributed by atoms with Gasteiger partial charge in [0.1, 0.15) is 0 Å². The Morgan fingerprint density at radius 1 is 1.33 bits per heavy atom. The maximum absolute atomic E-state index is 12.9. The molecule has 2 aliphatic rings. The van der Waals surface area contributed by atoms with Gasteiger partial charge in [0.15, 0.2) is 0 Å². The SMILES string of the molecule is CC(C)N1C(=O)/C(=C2/CCOCCN2)c2cc(N)ccc21. The average molecular weight is 287 g/mol. The Morgan fingerprint density at radius 2 is 2.14 bits per heavy atom. The van der Waals surface area contributed by atoms with Crippen molar-refractivity contribution >= 4 is 22.9 Å². The van der Waals surface area contributed by atoms with Crippen LogP contribution in [-0.4, -0.2) is 31.7 Å². The van der Waals surface area contributed by atoms with E-state index in [9.17, 15) is 4.79 Å². The summed E-state index contributed by atoms with van der Waals surface area (Å²) in [6, 6.07) is 5.79. The fourth-order valence-corrected chi connectivity index (χ4v) is 2.97. The second-order valence-corrected chi connectivity index (χ2v) is 5.69. The van der Waals surface area contributed by atoms with Gasteiger partial charge in [0.2, 0.25) is 0 Å². The third-order valence-corrected chi connectivity index (χ3v) is 3.88. The number of fused-ring (bicyclic) bond motifs is 1. The van der Waals surface area contributed by atoms with Crippen molar-refractivity contribution < 1.29 is 9.53 Å². The zero-order valence-corrected chi connectivity index (χ0v) is 12.5. The Balaban J connectivity index is 2.15. The van der Waals surface area contributed by atoms with Gasteiger partial charge in [0.25, 0.3) is 5.91 Å². The standard InChI is InChI=1S/C16H21N3O2/c1-10(2)19-14-4-3-11(17)9-12(14)15(16(19)20)13-5-7-21-8-6-18-13/h3-4,9-10,18H,5-8,17H2,1-2H3/b15-13-. The van der Waals surface area contributed by atoms with Crippen LogP contribution in [0.2, 0.25) is 0 Å². The first-order valence-electron chi connectivity index (χ1n) is 7.38. The topological polar surface area (TPSA) is 67.6 Å². The van der Waals surface area contributed by atoms with E-state index in [1.165, 1.54) is 0 Å². The second kappa shape index (κ2) is 5.41. The van der Waals surface area contributed by atoms with Gasteiger partial charge >= 0.3 is 0 Å². The molecule has 1 saturated heterocycles. The van der Waals surface area contributed by atoms with Crippen LogP contribution < -0.4 is 16.0 Å². The van der Waals surface area contributed by atoms with Crippen LogP contribution in [0.15, 0.2) is 23.9 Å². The van der Waals surface area contributed by atoms with E-state index in [1.54, 1.807) is 0 Å². The van der Waals surface area contributed by atoms with Gasteiger partial charge < -0.3 is 20.7 Å². The monoisotopic (exact) mass is 287 g/mol. The molecule has 0 radical (unpaired) electrons. The maximum atomic E-state index is 12.9. The highest BCUT2D eigenvalue weighted by Gasteiger charge is 2.36. The molecule has 1 aromatic carbocycles. The predicted octanol–water partition coefficient (Wildman–Crippen LogP) is 1.74. The second-order valence-electron chi connectivity index (χ2n) is 5.69. The van der Waals surface area contributed by atoms with Gasteiger partial charge in [-0.1, -0.05) is 0 Å². The summed E-state index contributed by atoms with van der Waals surface area (Å²) in [7, 11) is 0. The first-order valence-corrected chi connectivity index (χ1v) is 7.38. The molecule has 3 rings (SSSR count). The van der Waals surface area contributed by atoms with Gasteiger partial charge in [-0.15, -0.1) is 0 Å². The molecule has 3 N–H and O–H groups in total. The molecule has 21 heavy (non-hydrogen) atoms. The van der Waals surface area contributed by atoms with Gasteiger partial charge in [-0.2, -0.15) is 0 Å². The zero-order chi connectivity index (χ0) is 15.0. The van der Waals surface area contributed by atoms with Crippen LogP contribution in [0.25, 0.3) is 5.57 Å². The summed E-state index contributed by atoms with van der Waals surface area (Å²) in [5.41, 5.74) is 10.2. The normalized spacial score (nSPS) is 22.2. The number of hydrogen-bond acceptors (Lipinski definition) is 4. The van der Waals surface area contributed by atoms with Crippen LogP contribution in [0.4, 0.5) is 11.4 Å². The minimum Gasteiger partial charge on any atom is -0.399 e. The Morgan fingerprint density at radius 3 is 2.90 bits per heavy atom. The molecule has 1 amide bonds. The number of nitrogens with one attached hydrogen (secondary N) is 1. The van der Waals surface area contributed by atoms with Gasteiger partial charge in [0.05, 0.1) is 24.5 Å². The maximum Gasteiger partial charge on any atom is 0.260 e. The lowest BCUT2D eigenvalue weighted by Crippen LogP contribution is -2.34. The van der Waals surface area contributed by atoms with Crippen LogP contribution in [0.1, 0.15) is 25.8 Å². The number of nitrogens with zero attached hydrogens (tertiary/aromatic N) is 1. The lowest BCUT2D eigenvalue weighted by Gasteiger charge is -2.21. The van der Waals surface area contributed by atoms with Crippen LogP contribution in [-0.2, 0) is 9.53 Å². The van der Waals surface area contributed by atoms with Crippen LogP contribution in [0.3, 0.4) is 0 Å². The Hall–Kier alpha value is -2.01. The molecule has 0 saturated carbocycles. The molecule has 112 valence electrons. The molecule has 0 aliphatic carbocycles. The third-order valence-electron chi connectivity index (χ3n) is 3.88. The molecule has 1 aromatic rings. The molecule has 1 fully saturated rings. The van der Waals surface area contributed by atoms with Crippen LogP contribution in [0, 0.1) is 0 Å². The summed E-state index contributed by atoms with van der Waals surface area (Å²) in [5.74, 6) is 0.0509. The summed E-state index contributed by atoms with van der Waals surface area (Å²) in [6.07, 6.45) is 0.723. The van der Waals surface area contributed by atoms with Crippen molar-refractivity contribution in [1.82, 2.24) is 5.32 Å². The zero-order valence-electron chi connectivity index (χ0n) is 12.5. The van der Waals surface area contributed by atoms with Crippen LogP contribution in [0.5, 0.6) is 0 Å². The minimum atomic E-state index is 0.0509. The van der Waals surface area contributed by atoms with Gasteiger partial charge in [-0.05, 0) is 32.0 Å². The van der Waals surface area contributed by atoms with E-state index in [2.05, 4.69) is 5.32 Å². The Kier molecular flexibility index (Phi) is 3.59. The number of carbonyl (C=O) groups is 1. The highest BCUT2D eigenvalue weighted by Crippen LogP contribution is 2.40. The van der Waals surface area contributed by atoms with Crippen molar-refractivity contribution in [3.8, 4) is 0 Å². The smallest absolute Gasteiger partial charge is 0.260 e. The van der Waals surface area contributed by atoms with E-state index in [0.717, 1.165) is 35.5 Å². The highest BCUT2D eigenvalue weighted by molar-refractivity contribution is 6.33. The highest BCUT2D eigenvalue weighted by atomic mass is 16.5. The fourth-order valence-electron chi connectivity index (χ4n) is 2.97. The van der Waals surface area contributed by atoms with Gasteiger partial charge in [-0.25, -0.2) is 0 Å². The molecule has 5 nitrogen and oxygen atoms in total. The number of benzene rings is 1. The number of nitrogens with two attached hydrogens (primary N) is 1. The number of amides is 1. The molecule has 0 spiro atoms. The number of hydrogen-bond donors (Lipinski definition) is 2. The van der Waals surface area contributed by atoms with Crippen molar-refractivity contribution in [3.05, 3.63) is 29.5 Å². The minimum absolute atomic E-state index is 0.0509. The van der Waals surface area contributed by atoms with Crippen molar-refractivity contribution in [3.63, 3.8) is 0 Å². The predicted molar refractivity (Wildman–Crippen MR) is 83.8 cm³/mol. The van der Waals surface area contributed by atoms with Crippen molar-refractivity contribution in [2.75, 3.05) is 30.4 Å². The third kappa shape index (κ3) is 2.38.